The van der Waals surface area contributed by atoms with E-state index in [0.717, 1.165) is 40.6 Å². The molecule has 0 spiro atoms. The highest BCUT2D eigenvalue weighted by Crippen LogP contribution is 2.61. The van der Waals surface area contributed by atoms with Gasteiger partial charge in [-0.1, -0.05) is 0 Å². The smallest absolute Gasteiger partial charge is 0.229 e. The van der Waals surface area contributed by atoms with Crippen molar-refractivity contribution in [3.8, 4) is 11.5 Å². The van der Waals surface area contributed by atoms with E-state index in [-0.39, 0.29) is 11.3 Å². The van der Waals surface area contributed by atoms with Crippen LogP contribution in [-0.4, -0.2) is 29.1 Å². The predicted octanol–water partition coefficient (Wildman–Crippen LogP) is 7.61. The summed E-state index contributed by atoms with van der Waals surface area (Å²) in [6.07, 6.45) is 8.27. The van der Waals surface area contributed by atoms with Gasteiger partial charge in [0.25, 0.3) is 0 Å². The molecule has 4 aliphatic carbocycles. The minimum Gasteiger partial charge on any atom is -0.494 e. The van der Waals surface area contributed by atoms with Crippen molar-refractivity contribution in [2.45, 2.75) is 65.7 Å². The van der Waals surface area contributed by atoms with E-state index in [1.807, 2.05) is 69.3 Å². The second-order valence-electron chi connectivity index (χ2n) is 12.2. The maximum absolute atomic E-state index is 13.6. The lowest BCUT2D eigenvalue weighted by atomic mass is 9.49. The average Bonchev–Trinajstić information content (AvgIpc) is 2.92. The van der Waals surface area contributed by atoms with Gasteiger partial charge in [0.15, 0.2) is 5.82 Å². The number of amides is 1. The SMILES string of the molecule is CCOc1ccc(Nc2nc(C)c(NC(=O)CC34CC5CC(CC(C5)C3)C4)c(Nc3ccc(OCC)cc3)n2)cc1. The monoisotopic (exact) mass is 555 g/mol. The van der Waals surface area contributed by atoms with E-state index in [1.165, 1.54) is 38.5 Å². The first-order valence-electron chi connectivity index (χ1n) is 15.1. The first-order valence-corrected chi connectivity index (χ1v) is 15.1. The minimum atomic E-state index is 0.0561. The molecule has 4 bridgehead atoms. The number of hydrogen-bond acceptors (Lipinski definition) is 7. The number of hydrogen-bond donors (Lipinski definition) is 3. The summed E-state index contributed by atoms with van der Waals surface area (Å²) in [5.74, 6) is 5.09. The number of nitrogens with zero attached hydrogens (tertiary/aromatic N) is 2. The normalized spacial score (nSPS) is 24.1. The van der Waals surface area contributed by atoms with Crippen LogP contribution in [0.3, 0.4) is 0 Å². The fourth-order valence-electron chi connectivity index (χ4n) is 7.77. The molecular formula is C33H41N5O3. The zero-order chi connectivity index (χ0) is 28.4. The third-order valence-electron chi connectivity index (χ3n) is 8.90. The standard InChI is InChI=1S/C33H41N5O3/c1-4-40-27-10-6-25(7-11-27)35-31-30(21(3)34-32(38-31)36-26-8-12-28(13-9-26)41-5-2)37-29(39)20-33-17-22-14-23(18-33)16-24(15-22)19-33/h6-13,22-24H,4-5,14-20H2,1-3H3,(H,37,39)(H2,34,35,36,38). The summed E-state index contributed by atoms with van der Waals surface area (Å²) in [4.78, 5) is 23.1. The molecule has 8 nitrogen and oxygen atoms in total. The molecule has 1 heterocycles. The number of carbonyl (C=O) groups is 1. The van der Waals surface area contributed by atoms with E-state index < -0.39 is 0 Å². The van der Waals surface area contributed by atoms with Crippen molar-refractivity contribution >= 4 is 34.7 Å². The molecule has 0 unspecified atom stereocenters. The largest absolute Gasteiger partial charge is 0.494 e. The van der Waals surface area contributed by atoms with Gasteiger partial charge in [-0.25, -0.2) is 4.98 Å². The molecule has 0 radical (unpaired) electrons. The highest BCUT2D eigenvalue weighted by atomic mass is 16.5. The van der Waals surface area contributed by atoms with E-state index in [2.05, 4.69) is 16.0 Å². The molecule has 0 atom stereocenters. The second-order valence-corrected chi connectivity index (χ2v) is 12.2. The molecule has 1 aromatic heterocycles. The Kier molecular flexibility index (Phi) is 7.73. The Bertz CT molecular complexity index is 1340. The number of ether oxygens (including phenoxy) is 2. The Hall–Kier alpha value is -3.81. The summed E-state index contributed by atoms with van der Waals surface area (Å²) in [7, 11) is 0. The summed E-state index contributed by atoms with van der Waals surface area (Å²) >= 11 is 0. The van der Waals surface area contributed by atoms with Gasteiger partial charge in [-0.3, -0.25) is 4.79 Å². The van der Waals surface area contributed by atoms with Crippen LogP contribution in [0.1, 0.15) is 64.5 Å². The van der Waals surface area contributed by atoms with E-state index in [0.29, 0.717) is 42.8 Å². The Morgan fingerprint density at radius 2 is 1.32 bits per heavy atom. The first-order chi connectivity index (χ1) is 19.9. The number of rotatable bonds is 11. The first kappa shape index (κ1) is 27.4. The van der Waals surface area contributed by atoms with Crippen LogP contribution in [0.25, 0.3) is 0 Å². The summed E-state index contributed by atoms with van der Waals surface area (Å²) in [5, 5.41) is 9.94. The van der Waals surface area contributed by atoms with Crippen molar-refractivity contribution in [3.05, 3.63) is 54.2 Å². The van der Waals surface area contributed by atoms with Gasteiger partial charge in [-0.2, -0.15) is 4.98 Å². The predicted molar refractivity (Wildman–Crippen MR) is 162 cm³/mol. The third kappa shape index (κ3) is 6.26. The summed E-state index contributed by atoms with van der Waals surface area (Å²) in [6, 6.07) is 15.4. The van der Waals surface area contributed by atoms with Crippen molar-refractivity contribution in [3.63, 3.8) is 0 Å². The van der Waals surface area contributed by atoms with E-state index in [4.69, 9.17) is 19.4 Å². The van der Waals surface area contributed by atoms with Crippen molar-refractivity contribution < 1.29 is 14.3 Å². The molecule has 7 rings (SSSR count). The van der Waals surface area contributed by atoms with Crippen LogP contribution >= 0.6 is 0 Å². The minimum absolute atomic E-state index is 0.0561. The molecule has 4 fully saturated rings. The van der Waals surface area contributed by atoms with Crippen molar-refractivity contribution in [2.75, 3.05) is 29.2 Å². The lowest BCUT2D eigenvalue weighted by molar-refractivity contribution is -0.124. The molecule has 0 saturated heterocycles. The lowest BCUT2D eigenvalue weighted by Gasteiger charge is -2.56. The van der Waals surface area contributed by atoms with Gasteiger partial charge in [-0.15, -0.1) is 0 Å². The molecule has 4 aliphatic rings. The van der Waals surface area contributed by atoms with Gasteiger partial charge in [0.05, 0.1) is 18.9 Å². The second kappa shape index (κ2) is 11.6. The Morgan fingerprint density at radius 3 is 1.83 bits per heavy atom. The molecule has 3 aromatic rings. The number of benzene rings is 2. The molecule has 4 saturated carbocycles. The molecule has 3 N–H and O–H groups in total. The van der Waals surface area contributed by atoms with Gasteiger partial charge in [0.1, 0.15) is 17.2 Å². The van der Waals surface area contributed by atoms with Gasteiger partial charge >= 0.3 is 0 Å². The van der Waals surface area contributed by atoms with Crippen molar-refractivity contribution in [1.82, 2.24) is 9.97 Å². The quantitative estimate of drug-likeness (QED) is 0.224. The molecule has 41 heavy (non-hydrogen) atoms. The number of carbonyl (C=O) groups excluding carboxylic acids is 1. The third-order valence-corrected chi connectivity index (χ3v) is 8.90. The topological polar surface area (TPSA) is 97.4 Å². The van der Waals surface area contributed by atoms with Crippen LogP contribution in [0.5, 0.6) is 11.5 Å². The fourth-order valence-corrected chi connectivity index (χ4v) is 7.77. The van der Waals surface area contributed by atoms with Crippen LogP contribution in [0.15, 0.2) is 48.5 Å². The fraction of sp³-hybridized carbons (Fsp3) is 0.485. The molecule has 216 valence electrons. The lowest BCUT2D eigenvalue weighted by Crippen LogP contribution is -2.47. The van der Waals surface area contributed by atoms with E-state index in [1.54, 1.807) is 0 Å². The zero-order valence-electron chi connectivity index (χ0n) is 24.3. The number of nitrogens with one attached hydrogen (secondary N) is 3. The Balaban J connectivity index is 1.24. The molecule has 0 aliphatic heterocycles. The van der Waals surface area contributed by atoms with Crippen LogP contribution < -0.4 is 25.4 Å². The number of aromatic nitrogens is 2. The molecule has 8 heteroatoms. The zero-order valence-corrected chi connectivity index (χ0v) is 24.3. The van der Waals surface area contributed by atoms with Crippen LogP contribution in [0.4, 0.5) is 28.8 Å². The Labute approximate surface area is 242 Å². The molecule has 1 amide bonds. The summed E-state index contributed by atoms with van der Waals surface area (Å²) in [5.41, 5.74) is 3.16. The number of anilines is 5. The van der Waals surface area contributed by atoms with Gasteiger partial charge in [0.2, 0.25) is 11.9 Å². The van der Waals surface area contributed by atoms with Gasteiger partial charge in [-0.05, 0) is 131 Å². The van der Waals surface area contributed by atoms with Crippen LogP contribution in [0, 0.1) is 30.1 Å². The van der Waals surface area contributed by atoms with E-state index >= 15 is 0 Å². The van der Waals surface area contributed by atoms with Gasteiger partial charge in [0, 0.05) is 17.8 Å². The summed E-state index contributed by atoms with van der Waals surface area (Å²) < 4.78 is 11.2. The average molecular weight is 556 g/mol. The molecule has 2 aromatic carbocycles. The molecular weight excluding hydrogens is 514 g/mol. The number of aryl methyl sites for hydroxylation is 1. The maximum atomic E-state index is 13.6. The van der Waals surface area contributed by atoms with Crippen molar-refractivity contribution in [1.29, 1.82) is 0 Å². The van der Waals surface area contributed by atoms with Crippen LogP contribution in [0.2, 0.25) is 0 Å². The highest BCUT2D eigenvalue weighted by molar-refractivity contribution is 5.95. The van der Waals surface area contributed by atoms with Crippen LogP contribution in [-0.2, 0) is 4.79 Å². The van der Waals surface area contributed by atoms with Gasteiger partial charge < -0.3 is 25.4 Å². The van der Waals surface area contributed by atoms with Crippen molar-refractivity contribution in [2.24, 2.45) is 23.2 Å². The highest BCUT2D eigenvalue weighted by Gasteiger charge is 2.51. The van der Waals surface area contributed by atoms with E-state index in [9.17, 15) is 4.79 Å². The summed E-state index contributed by atoms with van der Waals surface area (Å²) in [6.45, 7) is 7.07. The maximum Gasteiger partial charge on any atom is 0.229 e. The Morgan fingerprint density at radius 1 is 0.805 bits per heavy atom.